The van der Waals surface area contributed by atoms with E-state index in [1.807, 2.05) is 48.5 Å². The highest BCUT2D eigenvalue weighted by Crippen LogP contribution is 2.15. The number of carbonyl (C=O) groups is 1. The van der Waals surface area contributed by atoms with Gasteiger partial charge in [-0.25, -0.2) is 4.79 Å². The number of amides is 2. The first-order valence-electron chi connectivity index (χ1n) is 7.49. The zero-order valence-electron chi connectivity index (χ0n) is 13.8. The van der Waals surface area contributed by atoms with Crippen molar-refractivity contribution in [3.63, 3.8) is 0 Å². The van der Waals surface area contributed by atoms with E-state index in [-0.39, 0.29) is 12.6 Å². The largest absolute Gasteiger partial charge is 0.497 e. The van der Waals surface area contributed by atoms with E-state index in [9.17, 15) is 4.79 Å². The molecule has 0 fully saturated rings. The van der Waals surface area contributed by atoms with Crippen LogP contribution in [0, 0.1) is 11.8 Å². The van der Waals surface area contributed by atoms with Crippen LogP contribution in [0.5, 0.6) is 11.5 Å². The van der Waals surface area contributed by atoms with Gasteiger partial charge in [0.05, 0.1) is 26.3 Å². The van der Waals surface area contributed by atoms with Crippen LogP contribution in [0.2, 0.25) is 0 Å². The lowest BCUT2D eigenvalue weighted by Gasteiger charge is -2.06. The minimum absolute atomic E-state index is 0.256. The first-order valence-corrected chi connectivity index (χ1v) is 7.49. The molecule has 2 N–H and O–H groups in total. The lowest BCUT2D eigenvalue weighted by molar-refractivity contribution is 0.241. The molecular formula is C19H20N2O3. The van der Waals surface area contributed by atoms with Gasteiger partial charge in [0, 0.05) is 6.54 Å². The Morgan fingerprint density at radius 3 is 2.46 bits per heavy atom. The number of hydrogen-bond acceptors (Lipinski definition) is 3. The van der Waals surface area contributed by atoms with Crippen LogP contribution in [0.15, 0.2) is 48.5 Å². The summed E-state index contributed by atoms with van der Waals surface area (Å²) in [6, 6.07) is 14.7. The van der Waals surface area contributed by atoms with Crippen LogP contribution < -0.4 is 20.1 Å². The first kappa shape index (κ1) is 17.2. The molecule has 2 aromatic carbocycles. The van der Waals surface area contributed by atoms with Crippen molar-refractivity contribution in [3.05, 3.63) is 59.7 Å². The zero-order valence-corrected chi connectivity index (χ0v) is 13.8. The van der Waals surface area contributed by atoms with E-state index in [0.29, 0.717) is 12.3 Å². The van der Waals surface area contributed by atoms with Crippen LogP contribution in [0.4, 0.5) is 4.79 Å². The number of nitrogens with one attached hydrogen (secondary N) is 2. The lowest BCUT2D eigenvalue weighted by atomic mass is 10.2. The molecule has 2 rings (SSSR count). The molecule has 0 aliphatic heterocycles. The van der Waals surface area contributed by atoms with Crippen molar-refractivity contribution in [2.75, 3.05) is 20.8 Å². The van der Waals surface area contributed by atoms with Crippen LogP contribution in [0.3, 0.4) is 0 Å². The molecule has 0 saturated carbocycles. The molecule has 0 saturated heterocycles. The molecule has 0 bridgehead atoms. The van der Waals surface area contributed by atoms with Gasteiger partial charge in [0.25, 0.3) is 0 Å². The summed E-state index contributed by atoms with van der Waals surface area (Å²) in [5.41, 5.74) is 1.78. The predicted octanol–water partition coefficient (Wildman–Crippen LogP) is 2.55. The van der Waals surface area contributed by atoms with Crippen molar-refractivity contribution in [3.8, 4) is 23.3 Å². The monoisotopic (exact) mass is 324 g/mol. The van der Waals surface area contributed by atoms with Gasteiger partial charge in [-0.3, -0.25) is 0 Å². The Balaban J connectivity index is 1.76. The fourth-order valence-electron chi connectivity index (χ4n) is 2.00. The SMILES string of the molecule is COc1ccc(CNC(=O)NCC#Cc2ccccc2OC)cc1. The van der Waals surface area contributed by atoms with Crippen molar-refractivity contribution in [1.82, 2.24) is 10.6 Å². The summed E-state index contributed by atoms with van der Waals surface area (Å²) < 4.78 is 10.3. The molecule has 5 heteroatoms. The summed E-state index contributed by atoms with van der Waals surface area (Å²) in [7, 11) is 3.22. The third kappa shape index (κ3) is 5.25. The van der Waals surface area contributed by atoms with E-state index >= 15 is 0 Å². The predicted molar refractivity (Wildman–Crippen MR) is 93.1 cm³/mol. The number of carbonyl (C=O) groups excluding carboxylic acids is 1. The lowest BCUT2D eigenvalue weighted by Crippen LogP contribution is -2.35. The highest BCUT2D eigenvalue weighted by atomic mass is 16.5. The Hall–Kier alpha value is -3.13. The average Bonchev–Trinajstić information content (AvgIpc) is 2.64. The first-order chi connectivity index (χ1) is 11.7. The Bertz CT molecular complexity index is 730. The summed E-state index contributed by atoms with van der Waals surface area (Å²) in [4.78, 5) is 11.7. The maximum Gasteiger partial charge on any atom is 0.315 e. The normalized spacial score (nSPS) is 9.42. The summed E-state index contributed by atoms with van der Waals surface area (Å²) >= 11 is 0. The number of ether oxygens (including phenoxy) is 2. The van der Waals surface area contributed by atoms with E-state index in [1.54, 1.807) is 14.2 Å². The van der Waals surface area contributed by atoms with E-state index in [1.165, 1.54) is 0 Å². The molecule has 2 aromatic rings. The molecule has 24 heavy (non-hydrogen) atoms. The molecule has 2 amide bonds. The average molecular weight is 324 g/mol. The molecule has 0 heterocycles. The van der Waals surface area contributed by atoms with Crippen molar-refractivity contribution >= 4 is 6.03 Å². The van der Waals surface area contributed by atoms with Gasteiger partial charge in [0.15, 0.2) is 0 Å². The van der Waals surface area contributed by atoms with Gasteiger partial charge in [-0.05, 0) is 29.8 Å². The third-order valence-electron chi connectivity index (χ3n) is 3.28. The van der Waals surface area contributed by atoms with Crippen LogP contribution in [-0.2, 0) is 6.54 Å². The smallest absolute Gasteiger partial charge is 0.315 e. The van der Waals surface area contributed by atoms with Crippen molar-refractivity contribution in [1.29, 1.82) is 0 Å². The van der Waals surface area contributed by atoms with Crippen LogP contribution >= 0.6 is 0 Å². The second kappa shape index (κ2) is 9.11. The van der Waals surface area contributed by atoms with Gasteiger partial charge in [-0.2, -0.15) is 0 Å². The highest BCUT2D eigenvalue weighted by molar-refractivity contribution is 5.74. The Morgan fingerprint density at radius 1 is 1.00 bits per heavy atom. The fraction of sp³-hybridized carbons (Fsp3) is 0.211. The molecule has 0 aromatic heterocycles. The number of methoxy groups -OCH3 is 2. The molecule has 5 nitrogen and oxygen atoms in total. The van der Waals surface area contributed by atoms with Gasteiger partial charge in [0.2, 0.25) is 0 Å². The van der Waals surface area contributed by atoms with Gasteiger partial charge < -0.3 is 20.1 Å². The van der Waals surface area contributed by atoms with Gasteiger partial charge in [-0.1, -0.05) is 36.1 Å². The van der Waals surface area contributed by atoms with E-state index in [4.69, 9.17) is 9.47 Å². The molecule has 0 unspecified atom stereocenters. The van der Waals surface area contributed by atoms with Crippen molar-refractivity contribution < 1.29 is 14.3 Å². The van der Waals surface area contributed by atoms with Crippen LogP contribution in [0.25, 0.3) is 0 Å². The van der Waals surface area contributed by atoms with Crippen LogP contribution in [-0.4, -0.2) is 26.8 Å². The van der Waals surface area contributed by atoms with Crippen molar-refractivity contribution in [2.24, 2.45) is 0 Å². The number of rotatable bonds is 5. The van der Waals surface area contributed by atoms with E-state index < -0.39 is 0 Å². The highest BCUT2D eigenvalue weighted by Gasteiger charge is 2.00. The molecule has 0 radical (unpaired) electrons. The summed E-state index contributed by atoms with van der Waals surface area (Å²) in [5, 5.41) is 5.47. The minimum Gasteiger partial charge on any atom is -0.497 e. The second-order valence-corrected chi connectivity index (χ2v) is 4.89. The number of urea groups is 1. The maximum atomic E-state index is 11.7. The second-order valence-electron chi connectivity index (χ2n) is 4.89. The zero-order chi connectivity index (χ0) is 17.2. The Morgan fingerprint density at radius 2 is 1.75 bits per heavy atom. The van der Waals surface area contributed by atoms with E-state index in [0.717, 1.165) is 16.9 Å². The summed E-state index contributed by atoms with van der Waals surface area (Å²) in [5.74, 6) is 7.38. The number of hydrogen-bond donors (Lipinski definition) is 2. The maximum absolute atomic E-state index is 11.7. The molecule has 124 valence electrons. The fourth-order valence-corrected chi connectivity index (χ4v) is 2.00. The van der Waals surface area contributed by atoms with E-state index in [2.05, 4.69) is 22.5 Å². The van der Waals surface area contributed by atoms with Gasteiger partial charge in [-0.15, -0.1) is 0 Å². The summed E-state index contributed by atoms with van der Waals surface area (Å²) in [6.07, 6.45) is 0. The molecule has 0 spiro atoms. The van der Waals surface area contributed by atoms with Gasteiger partial charge in [0.1, 0.15) is 11.5 Å². The molecule has 0 atom stereocenters. The topological polar surface area (TPSA) is 59.6 Å². The number of para-hydroxylation sites is 1. The molecule has 0 aliphatic rings. The Kier molecular flexibility index (Phi) is 6.54. The molecular weight excluding hydrogens is 304 g/mol. The number of benzene rings is 2. The quantitative estimate of drug-likeness (QED) is 0.831. The van der Waals surface area contributed by atoms with Gasteiger partial charge >= 0.3 is 6.03 Å². The van der Waals surface area contributed by atoms with Crippen LogP contribution in [0.1, 0.15) is 11.1 Å². The summed E-state index contributed by atoms with van der Waals surface area (Å²) in [6.45, 7) is 0.697. The molecule has 0 aliphatic carbocycles. The third-order valence-corrected chi connectivity index (χ3v) is 3.28. The Labute approximate surface area is 142 Å². The minimum atomic E-state index is -0.264. The standard InChI is InChI=1S/C19H20N2O3/c1-23-17-11-9-15(10-12-17)14-21-19(22)20-13-5-7-16-6-3-4-8-18(16)24-2/h3-4,6,8-12H,13-14H2,1-2H3,(H2,20,21,22). The van der Waals surface area contributed by atoms with Crippen molar-refractivity contribution in [2.45, 2.75) is 6.54 Å².